The summed E-state index contributed by atoms with van der Waals surface area (Å²) >= 11 is 7.40. The number of halogens is 1. The van der Waals surface area contributed by atoms with Gasteiger partial charge in [-0.05, 0) is 30.2 Å². The zero-order chi connectivity index (χ0) is 20.5. The van der Waals surface area contributed by atoms with Crippen LogP contribution >= 0.6 is 22.9 Å². The van der Waals surface area contributed by atoms with E-state index < -0.39 is 12.0 Å². The van der Waals surface area contributed by atoms with Crippen LogP contribution in [0.15, 0.2) is 64.8 Å². The number of carbonyl (C=O) groups excluding carboxylic acids is 1. The third kappa shape index (κ3) is 3.45. The van der Waals surface area contributed by atoms with E-state index in [9.17, 15) is 9.59 Å². The lowest BCUT2D eigenvalue weighted by Crippen LogP contribution is -2.33. The summed E-state index contributed by atoms with van der Waals surface area (Å²) in [6.07, 6.45) is 0. The van der Waals surface area contributed by atoms with Gasteiger partial charge in [-0.25, -0.2) is 9.78 Å². The molecule has 0 spiro atoms. The van der Waals surface area contributed by atoms with Gasteiger partial charge in [0, 0.05) is 16.0 Å². The predicted molar refractivity (Wildman–Crippen MR) is 116 cm³/mol. The summed E-state index contributed by atoms with van der Waals surface area (Å²) < 4.78 is 6.43. The minimum atomic E-state index is -0.913. The van der Waals surface area contributed by atoms with Crippen LogP contribution in [0, 0.1) is 6.92 Å². The van der Waals surface area contributed by atoms with E-state index in [1.807, 2.05) is 35.7 Å². The molecule has 2 aromatic carbocycles. The van der Waals surface area contributed by atoms with E-state index in [0.717, 1.165) is 11.1 Å². The minimum absolute atomic E-state index is 0.280. The van der Waals surface area contributed by atoms with Crippen LogP contribution in [0.5, 0.6) is 0 Å². The Hall–Kier alpha value is -2.96. The highest BCUT2D eigenvalue weighted by Gasteiger charge is 2.28. The first kappa shape index (κ1) is 19.4. The van der Waals surface area contributed by atoms with Gasteiger partial charge >= 0.3 is 5.97 Å². The number of fused-ring (bicyclic) bond motifs is 1. The topological polar surface area (TPSA) is 61.2 Å². The maximum absolute atomic E-state index is 13.6. The first-order valence-corrected chi connectivity index (χ1v) is 10.2. The molecule has 1 unspecified atom stereocenters. The Labute approximate surface area is 176 Å². The summed E-state index contributed by atoms with van der Waals surface area (Å²) in [5.74, 6) is -0.0721. The van der Waals surface area contributed by atoms with Crippen molar-refractivity contribution >= 4 is 39.1 Å². The van der Waals surface area contributed by atoms with Gasteiger partial charge in [-0.1, -0.05) is 54.1 Å². The van der Waals surface area contributed by atoms with Gasteiger partial charge in [0.05, 0.1) is 12.5 Å². The Balaban J connectivity index is 1.99. The summed E-state index contributed by atoms with van der Waals surface area (Å²) in [6.45, 7) is 1.72. The summed E-state index contributed by atoms with van der Waals surface area (Å²) in [7, 11) is 1.31. The second-order valence-electron chi connectivity index (χ2n) is 6.51. The molecule has 0 saturated heterocycles. The van der Waals surface area contributed by atoms with Crippen molar-refractivity contribution in [1.82, 2.24) is 9.55 Å². The lowest BCUT2D eigenvalue weighted by molar-refractivity contribution is -0.143. The van der Waals surface area contributed by atoms with E-state index in [2.05, 4.69) is 4.98 Å². The highest BCUT2D eigenvalue weighted by molar-refractivity contribution is 7.17. The van der Waals surface area contributed by atoms with Crippen molar-refractivity contribution < 1.29 is 9.53 Å². The standard InChI is InChI=1S/C22H17ClN2O3S/c1-13-24-20-18(17(12-29-20)14-8-10-16(23)11-9-14)21(26)25(13)19(22(27)28-2)15-6-4-3-5-7-15/h3-12,19H,1-2H3. The number of carbonyl (C=O) groups is 1. The molecular formula is C22H17ClN2O3S. The number of hydrogen-bond donors (Lipinski definition) is 0. The van der Waals surface area contributed by atoms with E-state index in [1.165, 1.54) is 23.0 Å². The molecule has 0 bridgehead atoms. The summed E-state index contributed by atoms with van der Waals surface area (Å²) in [4.78, 5) is 31.5. The maximum atomic E-state index is 13.6. The lowest BCUT2D eigenvalue weighted by Gasteiger charge is -2.20. The average molecular weight is 425 g/mol. The highest BCUT2D eigenvalue weighted by Crippen LogP contribution is 2.32. The molecule has 5 nitrogen and oxygen atoms in total. The number of thiophene rings is 1. The Morgan fingerprint density at radius 1 is 1.14 bits per heavy atom. The van der Waals surface area contributed by atoms with E-state index in [1.54, 1.807) is 31.2 Å². The monoisotopic (exact) mass is 424 g/mol. The summed E-state index contributed by atoms with van der Waals surface area (Å²) in [6, 6.07) is 15.5. The van der Waals surface area contributed by atoms with Gasteiger partial charge in [0.1, 0.15) is 10.7 Å². The molecule has 7 heteroatoms. The first-order valence-electron chi connectivity index (χ1n) is 8.90. The molecule has 4 rings (SSSR count). The van der Waals surface area contributed by atoms with E-state index in [-0.39, 0.29) is 5.56 Å². The normalized spacial score (nSPS) is 12.1. The fourth-order valence-corrected chi connectivity index (χ4v) is 4.50. The number of aromatic nitrogens is 2. The predicted octanol–water partition coefficient (Wildman–Crippen LogP) is 4.85. The number of ether oxygens (including phenoxy) is 1. The Morgan fingerprint density at radius 3 is 2.48 bits per heavy atom. The van der Waals surface area contributed by atoms with Crippen molar-refractivity contribution in [2.75, 3.05) is 7.11 Å². The molecule has 0 aliphatic rings. The Kier molecular flexibility index (Phi) is 5.22. The molecule has 0 aliphatic carbocycles. The van der Waals surface area contributed by atoms with Crippen molar-refractivity contribution in [2.24, 2.45) is 0 Å². The Bertz CT molecular complexity index is 1250. The molecule has 4 aromatic rings. The summed E-state index contributed by atoms with van der Waals surface area (Å²) in [5, 5.41) is 3.00. The lowest BCUT2D eigenvalue weighted by atomic mass is 10.0. The van der Waals surface area contributed by atoms with Gasteiger partial charge in [0.15, 0.2) is 6.04 Å². The number of benzene rings is 2. The molecule has 1 atom stereocenters. The zero-order valence-corrected chi connectivity index (χ0v) is 17.3. The van der Waals surface area contributed by atoms with Crippen LogP contribution in [0.2, 0.25) is 5.02 Å². The molecule has 0 aliphatic heterocycles. The zero-order valence-electron chi connectivity index (χ0n) is 15.8. The minimum Gasteiger partial charge on any atom is -0.467 e. The van der Waals surface area contributed by atoms with Crippen molar-refractivity contribution in [2.45, 2.75) is 13.0 Å². The largest absolute Gasteiger partial charge is 0.467 e. The van der Waals surface area contributed by atoms with Gasteiger partial charge in [-0.15, -0.1) is 11.3 Å². The molecule has 0 saturated carbocycles. The van der Waals surface area contributed by atoms with Crippen LogP contribution in [-0.2, 0) is 9.53 Å². The van der Waals surface area contributed by atoms with Gasteiger partial charge < -0.3 is 4.74 Å². The number of nitrogens with zero attached hydrogens (tertiary/aromatic N) is 2. The maximum Gasteiger partial charge on any atom is 0.333 e. The number of hydrogen-bond acceptors (Lipinski definition) is 5. The van der Waals surface area contributed by atoms with Crippen molar-refractivity contribution in [1.29, 1.82) is 0 Å². The fourth-order valence-electron chi connectivity index (χ4n) is 3.39. The van der Waals surface area contributed by atoms with Crippen LogP contribution in [0.4, 0.5) is 0 Å². The third-order valence-electron chi connectivity index (χ3n) is 4.77. The Morgan fingerprint density at radius 2 is 1.83 bits per heavy atom. The average Bonchev–Trinajstić information content (AvgIpc) is 3.15. The molecule has 0 fully saturated rings. The number of aryl methyl sites for hydroxylation is 1. The smallest absolute Gasteiger partial charge is 0.333 e. The number of rotatable bonds is 4. The fraction of sp³-hybridized carbons (Fsp3) is 0.136. The molecule has 0 amide bonds. The summed E-state index contributed by atoms with van der Waals surface area (Å²) in [5.41, 5.74) is 2.01. The highest BCUT2D eigenvalue weighted by atomic mass is 35.5. The van der Waals surface area contributed by atoms with Crippen LogP contribution in [0.3, 0.4) is 0 Å². The molecule has 29 heavy (non-hydrogen) atoms. The van der Waals surface area contributed by atoms with Crippen LogP contribution in [0.1, 0.15) is 17.4 Å². The first-order chi connectivity index (χ1) is 14.0. The molecular weight excluding hydrogens is 408 g/mol. The third-order valence-corrected chi connectivity index (χ3v) is 5.89. The quantitative estimate of drug-likeness (QED) is 0.439. The van der Waals surface area contributed by atoms with Crippen LogP contribution < -0.4 is 5.56 Å². The van der Waals surface area contributed by atoms with Crippen LogP contribution in [-0.4, -0.2) is 22.6 Å². The van der Waals surface area contributed by atoms with E-state index >= 15 is 0 Å². The number of esters is 1. The molecule has 0 radical (unpaired) electrons. The van der Waals surface area contributed by atoms with Crippen molar-refractivity contribution in [3.8, 4) is 11.1 Å². The SMILES string of the molecule is COC(=O)C(c1ccccc1)n1c(C)nc2scc(-c3ccc(Cl)cc3)c2c1=O. The van der Waals surface area contributed by atoms with E-state index in [0.29, 0.717) is 26.6 Å². The van der Waals surface area contributed by atoms with Gasteiger partial charge in [0.25, 0.3) is 5.56 Å². The second-order valence-corrected chi connectivity index (χ2v) is 7.80. The number of methoxy groups -OCH3 is 1. The van der Waals surface area contributed by atoms with Crippen molar-refractivity contribution in [3.63, 3.8) is 0 Å². The van der Waals surface area contributed by atoms with Gasteiger partial charge in [0.2, 0.25) is 0 Å². The molecule has 0 N–H and O–H groups in total. The van der Waals surface area contributed by atoms with Crippen molar-refractivity contribution in [3.05, 3.63) is 86.7 Å². The van der Waals surface area contributed by atoms with Gasteiger partial charge in [-0.2, -0.15) is 0 Å². The van der Waals surface area contributed by atoms with Gasteiger partial charge in [-0.3, -0.25) is 9.36 Å². The van der Waals surface area contributed by atoms with Crippen LogP contribution in [0.25, 0.3) is 21.3 Å². The second kappa shape index (κ2) is 7.81. The molecule has 2 aromatic heterocycles. The van der Waals surface area contributed by atoms with E-state index in [4.69, 9.17) is 16.3 Å². The molecule has 146 valence electrons. The molecule has 2 heterocycles.